The summed E-state index contributed by atoms with van der Waals surface area (Å²) >= 11 is 0. The molecule has 2 heterocycles. The maximum absolute atomic E-state index is 6.34. The molecule has 2 nitrogen and oxygen atoms in total. The zero-order chi connectivity index (χ0) is 25.1. The fraction of sp³-hybridized carbons (Fsp3) is 0.0556. The first-order chi connectivity index (χ1) is 18.8. The van der Waals surface area contributed by atoms with Crippen LogP contribution in [0, 0.1) is 0 Å². The molecule has 0 saturated heterocycles. The fourth-order valence-electron chi connectivity index (χ4n) is 6.13. The average Bonchev–Trinajstić information content (AvgIpc) is 3.53. The molecule has 2 aromatic heterocycles. The van der Waals surface area contributed by atoms with Crippen molar-refractivity contribution in [2.24, 2.45) is 0 Å². The van der Waals surface area contributed by atoms with E-state index in [0.717, 1.165) is 45.9 Å². The Labute approximate surface area is 221 Å². The van der Waals surface area contributed by atoms with Gasteiger partial charge in [-0.05, 0) is 59.9 Å². The molecule has 0 N–H and O–H groups in total. The summed E-state index contributed by atoms with van der Waals surface area (Å²) in [5.41, 5.74) is 11.8. The van der Waals surface area contributed by atoms with Gasteiger partial charge in [-0.2, -0.15) is 0 Å². The topological polar surface area (TPSA) is 18.1 Å². The summed E-state index contributed by atoms with van der Waals surface area (Å²) in [6.45, 7) is 0. The van der Waals surface area contributed by atoms with Gasteiger partial charge < -0.3 is 8.98 Å². The number of nitrogens with zero attached hydrogens (tertiary/aromatic N) is 1. The molecule has 0 fully saturated rings. The van der Waals surface area contributed by atoms with Crippen molar-refractivity contribution >= 4 is 38.9 Å². The van der Waals surface area contributed by atoms with Crippen LogP contribution in [0.4, 0.5) is 0 Å². The van der Waals surface area contributed by atoms with Crippen LogP contribution in [0.5, 0.6) is 0 Å². The number of hydrogen-bond donors (Lipinski definition) is 0. The van der Waals surface area contributed by atoms with Gasteiger partial charge >= 0.3 is 0 Å². The molecule has 180 valence electrons. The molecule has 0 unspecified atom stereocenters. The summed E-state index contributed by atoms with van der Waals surface area (Å²) in [5.74, 6) is 0. The Hall–Kier alpha value is -4.82. The molecule has 0 saturated carbocycles. The van der Waals surface area contributed by atoms with Crippen molar-refractivity contribution in [3.63, 3.8) is 0 Å². The lowest BCUT2D eigenvalue weighted by Crippen LogP contribution is -2.03. The predicted octanol–water partition coefficient (Wildman–Crippen LogP) is 9.82. The van der Waals surface area contributed by atoms with E-state index in [2.05, 4.69) is 120 Å². The van der Waals surface area contributed by atoms with Crippen molar-refractivity contribution in [1.29, 1.82) is 0 Å². The molecular formula is C36H25NO. The average molecular weight is 488 g/mol. The molecule has 0 bridgehead atoms. The Balaban J connectivity index is 1.27. The molecule has 1 aliphatic rings. The molecule has 0 radical (unpaired) electrons. The van der Waals surface area contributed by atoms with Gasteiger partial charge in [-0.25, -0.2) is 0 Å². The van der Waals surface area contributed by atoms with Crippen LogP contribution < -0.4 is 0 Å². The normalized spacial score (nSPS) is 12.9. The van der Waals surface area contributed by atoms with Crippen molar-refractivity contribution in [2.45, 2.75) is 12.8 Å². The number of aromatic nitrogens is 1. The Bertz CT molecular complexity index is 2030. The van der Waals surface area contributed by atoms with Crippen molar-refractivity contribution in [1.82, 2.24) is 4.57 Å². The largest absolute Gasteiger partial charge is 0.455 e. The lowest BCUT2D eigenvalue weighted by molar-refractivity contribution is 0.670. The Morgan fingerprint density at radius 3 is 2.29 bits per heavy atom. The standard InChI is InChI=1S/C36H25NO/c1-4-19-33-29(14-1)30-15-2-5-20-34(30)37(33)27-13-8-11-25(23-27)24-10-7-12-26(22-24)28-17-9-18-32-31-16-3-6-21-35(31)38-36(28)32/h1-4,6-19,21-23H,5,20H2. The summed E-state index contributed by atoms with van der Waals surface area (Å²) < 4.78 is 8.79. The van der Waals surface area contributed by atoms with Gasteiger partial charge in [0.25, 0.3) is 0 Å². The number of benzene rings is 5. The first-order valence-corrected chi connectivity index (χ1v) is 13.3. The molecule has 0 atom stereocenters. The highest BCUT2D eigenvalue weighted by Gasteiger charge is 2.18. The summed E-state index contributed by atoms with van der Waals surface area (Å²) in [5, 5.41) is 3.64. The third kappa shape index (κ3) is 3.20. The first-order valence-electron chi connectivity index (χ1n) is 13.3. The number of furan rings is 1. The highest BCUT2D eigenvalue weighted by atomic mass is 16.3. The quantitative estimate of drug-likeness (QED) is 0.242. The minimum absolute atomic E-state index is 0.927. The predicted molar refractivity (Wildman–Crippen MR) is 159 cm³/mol. The summed E-state index contributed by atoms with van der Waals surface area (Å²) in [7, 11) is 0. The van der Waals surface area contributed by atoms with Crippen LogP contribution in [0.3, 0.4) is 0 Å². The lowest BCUT2D eigenvalue weighted by atomic mass is 9.97. The van der Waals surface area contributed by atoms with E-state index in [9.17, 15) is 0 Å². The van der Waals surface area contributed by atoms with Gasteiger partial charge in [-0.3, -0.25) is 0 Å². The molecule has 0 amide bonds. The third-order valence-corrected chi connectivity index (χ3v) is 7.86. The maximum Gasteiger partial charge on any atom is 0.143 e. The third-order valence-electron chi connectivity index (χ3n) is 7.86. The second-order valence-electron chi connectivity index (χ2n) is 10.1. The van der Waals surface area contributed by atoms with E-state index < -0.39 is 0 Å². The molecule has 1 aliphatic carbocycles. The Morgan fingerprint density at radius 1 is 0.605 bits per heavy atom. The molecule has 0 aliphatic heterocycles. The van der Waals surface area contributed by atoms with Crippen LogP contribution in [0.1, 0.15) is 17.7 Å². The molecule has 2 heteroatoms. The van der Waals surface area contributed by atoms with Gasteiger partial charge in [0.2, 0.25) is 0 Å². The van der Waals surface area contributed by atoms with E-state index in [-0.39, 0.29) is 0 Å². The first kappa shape index (κ1) is 21.3. The molecule has 0 spiro atoms. The molecule has 38 heavy (non-hydrogen) atoms. The monoisotopic (exact) mass is 487 g/mol. The van der Waals surface area contributed by atoms with Crippen LogP contribution >= 0.6 is 0 Å². The van der Waals surface area contributed by atoms with Gasteiger partial charge in [-0.1, -0.05) is 97.1 Å². The van der Waals surface area contributed by atoms with E-state index in [1.165, 1.54) is 39.0 Å². The molecular weight excluding hydrogens is 462 g/mol. The minimum atomic E-state index is 0.927. The molecule has 7 aromatic rings. The van der Waals surface area contributed by atoms with Crippen molar-refractivity contribution < 1.29 is 4.42 Å². The smallest absolute Gasteiger partial charge is 0.143 e. The van der Waals surface area contributed by atoms with Crippen molar-refractivity contribution in [3.05, 3.63) is 133 Å². The number of allylic oxidation sites excluding steroid dienone is 1. The van der Waals surface area contributed by atoms with Gasteiger partial charge in [0.05, 0.1) is 5.52 Å². The van der Waals surface area contributed by atoms with Gasteiger partial charge in [-0.15, -0.1) is 0 Å². The second-order valence-corrected chi connectivity index (χ2v) is 10.1. The zero-order valence-electron chi connectivity index (χ0n) is 20.9. The van der Waals surface area contributed by atoms with E-state index in [0.29, 0.717) is 0 Å². The SMILES string of the molecule is C1=Cc2c(n(-c3cccc(-c4cccc(-c5cccc6c5oc5ccccc56)c4)c3)c3ccccc23)CC1. The van der Waals surface area contributed by atoms with Gasteiger partial charge in [0.15, 0.2) is 0 Å². The Morgan fingerprint density at radius 2 is 1.34 bits per heavy atom. The second kappa shape index (κ2) is 8.36. The number of fused-ring (bicyclic) bond motifs is 6. The minimum Gasteiger partial charge on any atom is -0.455 e. The van der Waals surface area contributed by atoms with Crippen LogP contribution in [0.25, 0.3) is 66.9 Å². The summed E-state index contributed by atoms with van der Waals surface area (Å²) in [6.07, 6.45) is 6.73. The van der Waals surface area contributed by atoms with Gasteiger partial charge in [0, 0.05) is 38.7 Å². The van der Waals surface area contributed by atoms with Crippen LogP contribution in [0.2, 0.25) is 0 Å². The molecule has 5 aromatic carbocycles. The zero-order valence-corrected chi connectivity index (χ0v) is 20.9. The molecule has 8 rings (SSSR count). The highest BCUT2D eigenvalue weighted by Crippen LogP contribution is 2.38. The Kier molecular flexibility index (Phi) is 4.68. The highest BCUT2D eigenvalue weighted by molar-refractivity contribution is 6.09. The van der Waals surface area contributed by atoms with E-state index in [4.69, 9.17) is 4.42 Å². The fourth-order valence-corrected chi connectivity index (χ4v) is 6.13. The van der Waals surface area contributed by atoms with Gasteiger partial charge in [0.1, 0.15) is 11.2 Å². The van der Waals surface area contributed by atoms with E-state index in [1.807, 2.05) is 12.1 Å². The van der Waals surface area contributed by atoms with Crippen molar-refractivity contribution in [3.8, 4) is 27.9 Å². The van der Waals surface area contributed by atoms with Crippen molar-refractivity contribution in [2.75, 3.05) is 0 Å². The summed E-state index contributed by atoms with van der Waals surface area (Å²) in [6, 6.07) is 41.2. The number of rotatable bonds is 3. The number of para-hydroxylation sites is 3. The summed E-state index contributed by atoms with van der Waals surface area (Å²) in [4.78, 5) is 0. The van der Waals surface area contributed by atoms with Crippen LogP contribution in [-0.2, 0) is 6.42 Å². The van der Waals surface area contributed by atoms with E-state index in [1.54, 1.807) is 0 Å². The number of hydrogen-bond acceptors (Lipinski definition) is 1. The lowest BCUT2D eigenvalue weighted by Gasteiger charge is -2.15. The van der Waals surface area contributed by atoms with Crippen LogP contribution in [0.15, 0.2) is 126 Å². The van der Waals surface area contributed by atoms with Crippen LogP contribution in [-0.4, -0.2) is 4.57 Å². The maximum atomic E-state index is 6.34. The van der Waals surface area contributed by atoms with E-state index >= 15 is 0 Å².